The van der Waals surface area contributed by atoms with Crippen LogP contribution in [0.1, 0.15) is 11.1 Å². The molecule has 0 aliphatic rings. The van der Waals surface area contributed by atoms with E-state index in [-0.39, 0.29) is 5.91 Å². The van der Waals surface area contributed by atoms with Crippen LogP contribution in [0.3, 0.4) is 0 Å². The van der Waals surface area contributed by atoms with Gasteiger partial charge in [0.1, 0.15) is 0 Å². The molecule has 2 aromatic rings. The third-order valence-corrected chi connectivity index (χ3v) is 2.32. The van der Waals surface area contributed by atoms with Gasteiger partial charge in [-0.2, -0.15) is 5.10 Å². The second-order valence-electron chi connectivity index (χ2n) is 3.74. The molecule has 0 bridgehead atoms. The standard InChI is InChI=1S/C14H13N3O/c18-14(10-12-4-2-1-3-5-12)17-16-11-13-6-8-15-9-7-13/h1-9,11H,10H2,(H,17,18)/b16-11+. The van der Waals surface area contributed by atoms with E-state index in [1.165, 1.54) is 0 Å². The summed E-state index contributed by atoms with van der Waals surface area (Å²) in [7, 11) is 0. The van der Waals surface area contributed by atoms with Gasteiger partial charge in [0.15, 0.2) is 0 Å². The van der Waals surface area contributed by atoms with Gasteiger partial charge in [-0.1, -0.05) is 30.3 Å². The van der Waals surface area contributed by atoms with E-state index in [1.807, 2.05) is 42.5 Å². The lowest BCUT2D eigenvalue weighted by atomic mass is 10.1. The monoisotopic (exact) mass is 239 g/mol. The van der Waals surface area contributed by atoms with E-state index < -0.39 is 0 Å². The van der Waals surface area contributed by atoms with Crippen molar-refractivity contribution < 1.29 is 4.79 Å². The number of nitrogens with one attached hydrogen (secondary N) is 1. The Morgan fingerprint density at radius 2 is 1.89 bits per heavy atom. The minimum Gasteiger partial charge on any atom is -0.273 e. The number of rotatable bonds is 4. The predicted molar refractivity (Wildman–Crippen MR) is 70.1 cm³/mol. The highest BCUT2D eigenvalue weighted by Crippen LogP contribution is 1.99. The second kappa shape index (κ2) is 6.30. The Kier molecular flexibility index (Phi) is 4.19. The molecular formula is C14H13N3O. The molecule has 0 saturated carbocycles. The van der Waals surface area contributed by atoms with Crippen molar-refractivity contribution in [3.8, 4) is 0 Å². The molecule has 0 atom stereocenters. The van der Waals surface area contributed by atoms with Gasteiger partial charge in [-0.05, 0) is 23.3 Å². The van der Waals surface area contributed by atoms with Crippen LogP contribution in [0.2, 0.25) is 0 Å². The summed E-state index contributed by atoms with van der Waals surface area (Å²) in [5.74, 6) is -0.133. The normalized spacial score (nSPS) is 10.4. The summed E-state index contributed by atoms with van der Waals surface area (Å²) in [6.45, 7) is 0. The third-order valence-electron chi connectivity index (χ3n) is 2.32. The van der Waals surface area contributed by atoms with Gasteiger partial charge in [0.25, 0.3) is 0 Å². The first-order valence-electron chi connectivity index (χ1n) is 5.60. The number of amides is 1. The molecular weight excluding hydrogens is 226 g/mol. The molecule has 18 heavy (non-hydrogen) atoms. The fourth-order valence-corrected chi connectivity index (χ4v) is 1.45. The van der Waals surface area contributed by atoms with Crippen molar-refractivity contribution in [3.05, 3.63) is 66.0 Å². The van der Waals surface area contributed by atoms with Crippen LogP contribution in [0, 0.1) is 0 Å². The van der Waals surface area contributed by atoms with Crippen molar-refractivity contribution in [1.29, 1.82) is 0 Å². The van der Waals surface area contributed by atoms with Gasteiger partial charge in [0.05, 0.1) is 12.6 Å². The molecule has 1 aromatic heterocycles. The number of nitrogens with zero attached hydrogens (tertiary/aromatic N) is 2. The van der Waals surface area contributed by atoms with Gasteiger partial charge < -0.3 is 0 Å². The Morgan fingerprint density at radius 1 is 1.17 bits per heavy atom. The number of benzene rings is 1. The molecule has 1 N–H and O–H groups in total. The van der Waals surface area contributed by atoms with Crippen LogP contribution < -0.4 is 5.43 Å². The van der Waals surface area contributed by atoms with Crippen LogP contribution in [-0.4, -0.2) is 17.1 Å². The van der Waals surface area contributed by atoms with Crippen molar-refractivity contribution in [2.24, 2.45) is 5.10 Å². The van der Waals surface area contributed by atoms with Crippen LogP contribution >= 0.6 is 0 Å². The van der Waals surface area contributed by atoms with Crippen molar-refractivity contribution in [3.63, 3.8) is 0 Å². The Morgan fingerprint density at radius 3 is 2.61 bits per heavy atom. The van der Waals surface area contributed by atoms with E-state index in [2.05, 4.69) is 15.5 Å². The smallest absolute Gasteiger partial charge is 0.244 e. The minimum atomic E-state index is -0.133. The average Bonchev–Trinajstić information content (AvgIpc) is 2.41. The lowest BCUT2D eigenvalue weighted by Crippen LogP contribution is -2.19. The summed E-state index contributed by atoms with van der Waals surface area (Å²) in [6, 6.07) is 13.2. The fraction of sp³-hybridized carbons (Fsp3) is 0.0714. The first-order valence-corrected chi connectivity index (χ1v) is 5.60. The molecule has 0 spiro atoms. The molecule has 4 nitrogen and oxygen atoms in total. The average molecular weight is 239 g/mol. The first-order chi connectivity index (χ1) is 8.84. The van der Waals surface area contributed by atoms with E-state index in [0.717, 1.165) is 11.1 Å². The van der Waals surface area contributed by atoms with Crippen molar-refractivity contribution in [2.75, 3.05) is 0 Å². The number of hydrogen-bond donors (Lipinski definition) is 1. The Hall–Kier alpha value is -2.49. The lowest BCUT2D eigenvalue weighted by Gasteiger charge is -1.99. The van der Waals surface area contributed by atoms with Gasteiger partial charge in [0, 0.05) is 12.4 Å². The molecule has 0 unspecified atom stereocenters. The maximum Gasteiger partial charge on any atom is 0.244 e. The summed E-state index contributed by atoms with van der Waals surface area (Å²) in [6.07, 6.45) is 5.26. The van der Waals surface area contributed by atoms with Crippen molar-refractivity contribution in [2.45, 2.75) is 6.42 Å². The predicted octanol–water partition coefficient (Wildman–Crippen LogP) is 1.77. The van der Waals surface area contributed by atoms with Crippen molar-refractivity contribution in [1.82, 2.24) is 10.4 Å². The zero-order chi connectivity index (χ0) is 12.6. The molecule has 0 fully saturated rings. The van der Waals surface area contributed by atoms with Gasteiger partial charge in [-0.25, -0.2) is 5.43 Å². The summed E-state index contributed by atoms with van der Waals surface area (Å²) in [4.78, 5) is 15.5. The zero-order valence-electron chi connectivity index (χ0n) is 9.78. The zero-order valence-corrected chi connectivity index (χ0v) is 9.78. The van der Waals surface area contributed by atoms with E-state index in [1.54, 1.807) is 18.6 Å². The summed E-state index contributed by atoms with van der Waals surface area (Å²) < 4.78 is 0. The molecule has 1 heterocycles. The van der Waals surface area contributed by atoms with Crippen LogP contribution in [0.25, 0.3) is 0 Å². The summed E-state index contributed by atoms with van der Waals surface area (Å²) in [5, 5.41) is 3.89. The number of hydrazone groups is 1. The Bertz CT molecular complexity index is 523. The van der Waals surface area contributed by atoms with Crippen LogP contribution in [0.5, 0.6) is 0 Å². The van der Waals surface area contributed by atoms with E-state index in [0.29, 0.717) is 6.42 Å². The molecule has 1 aromatic carbocycles. The molecule has 0 radical (unpaired) electrons. The van der Waals surface area contributed by atoms with Gasteiger partial charge >= 0.3 is 0 Å². The second-order valence-corrected chi connectivity index (χ2v) is 3.74. The summed E-state index contributed by atoms with van der Waals surface area (Å²) >= 11 is 0. The quantitative estimate of drug-likeness (QED) is 0.653. The Balaban J connectivity index is 1.84. The molecule has 4 heteroatoms. The molecule has 0 saturated heterocycles. The minimum absolute atomic E-state index is 0.133. The highest BCUT2D eigenvalue weighted by molar-refractivity contribution is 5.83. The SMILES string of the molecule is O=C(Cc1ccccc1)N/N=C/c1ccncc1. The van der Waals surface area contributed by atoms with Crippen LogP contribution in [-0.2, 0) is 11.2 Å². The molecule has 90 valence electrons. The van der Waals surface area contributed by atoms with Crippen molar-refractivity contribution >= 4 is 12.1 Å². The maximum atomic E-state index is 11.6. The molecule has 0 aliphatic carbocycles. The summed E-state index contributed by atoms with van der Waals surface area (Å²) in [5.41, 5.74) is 4.35. The number of carbonyl (C=O) groups excluding carboxylic acids is 1. The maximum absolute atomic E-state index is 11.6. The highest BCUT2D eigenvalue weighted by atomic mass is 16.2. The van der Waals surface area contributed by atoms with Crippen LogP contribution in [0.4, 0.5) is 0 Å². The molecule has 1 amide bonds. The third kappa shape index (κ3) is 3.83. The fourth-order valence-electron chi connectivity index (χ4n) is 1.45. The van der Waals surface area contributed by atoms with Gasteiger partial charge in [0.2, 0.25) is 5.91 Å². The highest BCUT2D eigenvalue weighted by Gasteiger charge is 2.00. The van der Waals surface area contributed by atoms with Crippen LogP contribution in [0.15, 0.2) is 60.0 Å². The first kappa shape index (κ1) is 12.0. The Labute approximate surface area is 105 Å². The number of carbonyl (C=O) groups is 1. The number of hydrogen-bond acceptors (Lipinski definition) is 3. The topological polar surface area (TPSA) is 54.4 Å². The van der Waals surface area contributed by atoms with Gasteiger partial charge in [-0.3, -0.25) is 9.78 Å². The van der Waals surface area contributed by atoms with E-state index in [4.69, 9.17) is 0 Å². The largest absolute Gasteiger partial charge is 0.273 e. The number of pyridine rings is 1. The van der Waals surface area contributed by atoms with E-state index in [9.17, 15) is 4.79 Å². The molecule has 0 aliphatic heterocycles. The van der Waals surface area contributed by atoms with Gasteiger partial charge in [-0.15, -0.1) is 0 Å². The lowest BCUT2D eigenvalue weighted by molar-refractivity contribution is -0.120. The van der Waals surface area contributed by atoms with E-state index >= 15 is 0 Å². The molecule has 2 rings (SSSR count). The number of aromatic nitrogens is 1.